The largest absolute Gasteiger partial charge is 0.398 e. The summed E-state index contributed by atoms with van der Waals surface area (Å²) >= 11 is 0. The van der Waals surface area contributed by atoms with Gasteiger partial charge in [-0.15, -0.1) is 0 Å². The van der Waals surface area contributed by atoms with Gasteiger partial charge in [0.25, 0.3) is 0 Å². The van der Waals surface area contributed by atoms with Gasteiger partial charge in [0.15, 0.2) is 0 Å². The number of ether oxygens (including phenoxy) is 1. The Morgan fingerprint density at radius 1 is 1.48 bits per heavy atom. The molecule has 0 aliphatic carbocycles. The molecule has 2 unspecified atom stereocenters. The summed E-state index contributed by atoms with van der Waals surface area (Å²) in [4.78, 5) is 6.71. The summed E-state index contributed by atoms with van der Waals surface area (Å²) < 4.78 is 6.04. The van der Waals surface area contributed by atoms with E-state index < -0.39 is 0 Å². The lowest BCUT2D eigenvalue weighted by Crippen LogP contribution is -2.48. The molecule has 0 bridgehead atoms. The first-order valence-corrected chi connectivity index (χ1v) is 8.03. The molecule has 21 heavy (non-hydrogen) atoms. The zero-order valence-electron chi connectivity index (χ0n) is 13.2. The fourth-order valence-corrected chi connectivity index (χ4v) is 2.87. The molecule has 5 heteroatoms. The molecule has 1 fully saturated rings. The maximum Gasteiger partial charge on any atom is 0.0898 e. The number of nitrogens with two attached hydrogens (primary N) is 1. The van der Waals surface area contributed by atoms with Gasteiger partial charge in [-0.05, 0) is 32.0 Å². The van der Waals surface area contributed by atoms with Crippen LogP contribution in [-0.4, -0.2) is 48.8 Å². The molecule has 2 heterocycles. The number of hydrogen-bond donors (Lipinski definition) is 2. The number of pyridine rings is 1. The van der Waals surface area contributed by atoms with E-state index in [4.69, 9.17) is 10.5 Å². The third-order valence-electron chi connectivity index (χ3n) is 3.93. The molecule has 1 aromatic heterocycles. The van der Waals surface area contributed by atoms with Gasteiger partial charge < -0.3 is 15.8 Å². The number of hydrogen-bond acceptors (Lipinski definition) is 5. The van der Waals surface area contributed by atoms with E-state index in [1.54, 1.807) is 6.20 Å². The SMILES string of the molecule is CCCNC(c1cnccc1N)C1CN(CCC)CCO1. The van der Waals surface area contributed by atoms with E-state index in [1.165, 1.54) is 6.42 Å². The van der Waals surface area contributed by atoms with Gasteiger partial charge >= 0.3 is 0 Å². The molecule has 0 radical (unpaired) electrons. The first-order valence-electron chi connectivity index (χ1n) is 8.03. The summed E-state index contributed by atoms with van der Waals surface area (Å²) in [7, 11) is 0. The molecule has 2 rings (SSSR count). The topological polar surface area (TPSA) is 63.4 Å². The summed E-state index contributed by atoms with van der Waals surface area (Å²) in [5, 5.41) is 3.59. The van der Waals surface area contributed by atoms with E-state index in [2.05, 4.69) is 29.0 Å². The molecule has 1 saturated heterocycles. The highest BCUT2D eigenvalue weighted by Crippen LogP contribution is 2.26. The van der Waals surface area contributed by atoms with E-state index in [-0.39, 0.29) is 12.1 Å². The Bertz CT molecular complexity index is 424. The van der Waals surface area contributed by atoms with Crippen LogP contribution in [0.15, 0.2) is 18.5 Å². The highest BCUT2D eigenvalue weighted by atomic mass is 16.5. The molecule has 1 aliphatic heterocycles. The number of nitrogen functional groups attached to an aromatic ring is 1. The van der Waals surface area contributed by atoms with Gasteiger partial charge in [-0.3, -0.25) is 9.88 Å². The first-order chi connectivity index (χ1) is 10.3. The summed E-state index contributed by atoms with van der Waals surface area (Å²) in [6, 6.07) is 1.97. The predicted molar refractivity (Wildman–Crippen MR) is 86.2 cm³/mol. The molecule has 1 aromatic rings. The lowest BCUT2D eigenvalue weighted by Gasteiger charge is -2.37. The zero-order chi connectivity index (χ0) is 15.1. The van der Waals surface area contributed by atoms with Crippen LogP contribution in [-0.2, 0) is 4.74 Å². The minimum Gasteiger partial charge on any atom is -0.398 e. The van der Waals surface area contributed by atoms with Gasteiger partial charge in [0.2, 0.25) is 0 Å². The summed E-state index contributed by atoms with van der Waals surface area (Å²) in [5.41, 5.74) is 7.98. The fraction of sp³-hybridized carbons (Fsp3) is 0.688. The van der Waals surface area contributed by atoms with Gasteiger partial charge in [0.05, 0.1) is 18.8 Å². The van der Waals surface area contributed by atoms with Crippen LogP contribution >= 0.6 is 0 Å². The zero-order valence-corrected chi connectivity index (χ0v) is 13.2. The molecule has 0 saturated carbocycles. The van der Waals surface area contributed by atoms with Crippen molar-refractivity contribution < 1.29 is 4.74 Å². The highest BCUT2D eigenvalue weighted by Gasteiger charge is 2.29. The van der Waals surface area contributed by atoms with Crippen LogP contribution in [0.25, 0.3) is 0 Å². The van der Waals surface area contributed by atoms with Gasteiger partial charge in [-0.2, -0.15) is 0 Å². The number of rotatable bonds is 7. The first kappa shape index (κ1) is 16.2. The van der Waals surface area contributed by atoms with Crippen molar-refractivity contribution in [3.05, 3.63) is 24.0 Å². The lowest BCUT2D eigenvalue weighted by molar-refractivity contribution is -0.0469. The monoisotopic (exact) mass is 292 g/mol. The number of anilines is 1. The van der Waals surface area contributed by atoms with Gasteiger partial charge in [-0.1, -0.05) is 13.8 Å². The van der Waals surface area contributed by atoms with Crippen LogP contribution in [0, 0.1) is 0 Å². The van der Waals surface area contributed by atoms with E-state index in [1.807, 2.05) is 12.3 Å². The number of aromatic nitrogens is 1. The van der Waals surface area contributed by atoms with Crippen molar-refractivity contribution in [1.29, 1.82) is 0 Å². The molecule has 3 N–H and O–H groups in total. The minimum absolute atomic E-state index is 0.110. The van der Waals surface area contributed by atoms with Gasteiger partial charge in [0.1, 0.15) is 0 Å². The maximum absolute atomic E-state index is 6.14. The average Bonchev–Trinajstić information content (AvgIpc) is 2.50. The highest BCUT2D eigenvalue weighted by molar-refractivity contribution is 5.46. The Balaban J connectivity index is 2.13. The third-order valence-corrected chi connectivity index (χ3v) is 3.93. The Hall–Kier alpha value is -1.17. The van der Waals surface area contributed by atoms with Crippen molar-refractivity contribution in [2.24, 2.45) is 0 Å². The lowest BCUT2D eigenvalue weighted by atomic mass is 9.99. The van der Waals surface area contributed by atoms with E-state index >= 15 is 0 Å². The third kappa shape index (κ3) is 4.40. The smallest absolute Gasteiger partial charge is 0.0898 e. The summed E-state index contributed by atoms with van der Waals surface area (Å²) in [6.07, 6.45) is 5.99. The average molecular weight is 292 g/mol. The Morgan fingerprint density at radius 3 is 3.05 bits per heavy atom. The summed E-state index contributed by atoms with van der Waals surface area (Å²) in [5.74, 6) is 0. The predicted octanol–water partition coefficient (Wildman–Crippen LogP) is 1.82. The fourth-order valence-electron chi connectivity index (χ4n) is 2.87. The Labute approximate surface area is 127 Å². The normalized spacial score (nSPS) is 21.3. The van der Waals surface area contributed by atoms with E-state index in [9.17, 15) is 0 Å². The standard InChI is InChI=1S/C16H28N4O/c1-3-6-19-16(13-11-18-7-5-14(13)17)15-12-20(8-4-2)9-10-21-15/h5,7,11,15-16,19H,3-4,6,8-10,12H2,1-2H3,(H2,17,18). The molecule has 1 aliphatic rings. The second kappa shape index (κ2) is 8.32. The van der Waals surface area contributed by atoms with Crippen molar-refractivity contribution in [3.8, 4) is 0 Å². The van der Waals surface area contributed by atoms with Gasteiger partial charge in [0, 0.05) is 36.7 Å². The number of nitrogens with zero attached hydrogens (tertiary/aromatic N) is 2. The maximum atomic E-state index is 6.14. The Kier molecular flexibility index (Phi) is 6.42. The van der Waals surface area contributed by atoms with Crippen molar-refractivity contribution in [2.45, 2.75) is 38.8 Å². The second-order valence-electron chi connectivity index (χ2n) is 5.65. The van der Waals surface area contributed by atoms with Crippen LogP contribution in [0.2, 0.25) is 0 Å². The molecular formula is C16H28N4O. The van der Waals surface area contributed by atoms with Crippen molar-refractivity contribution in [3.63, 3.8) is 0 Å². The molecule has 0 spiro atoms. The second-order valence-corrected chi connectivity index (χ2v) is 5.65. The number of nitrogens with one attached hydrogen (secondary N) is 1. The summed E-state index contributed by atoms with van der Waals surface area (Å²) in [6.45, 7) is 9.22. The van der Waals surface area contributed by atoms with E-state index in [0.29, 0.717) is 0 Å². The van der Waals surface area contributed by atoms with Crippen LogP contribution in [0.3, 0.4) is 0 Å². The van der Waals surface area contributed by atoms with Crippen LogP contribution in [0.1, 0.15) is 38.3 Å². The molecule has 5 nitrogen and oxygen atoms in total. The number of morpholine rings is 1. The molecular weight excluding hydrogens is 264 g/mol. The molecule has 118 valence electrons. The van der Waals surface area contributed by atoms with Gasteiger partial charge in [-0.25, -0.2) is 0 Å². The van der Waals surface area contributed by atoms with Crippen LogP contribution < -0.4 is 11.1 Å². The minimum atomic E-state index is 0.110. The van der Waals surface area contributed by atoms with Crippen molar-refractivity contribution in [1.82, 2.24) is 15.2 Å². The quantitative estimate of drug-likeness (QED) is 0.802. The molecule has 2 atom stereocenters. The van der Waals surface area contributed by atoms with E-state index in [0.717, 1.165) is 50.5 Å². The molecule has 0 aromatic carbocycles. The van der Waals surface area contributed by atoms with Crippen LogP contribution in [0.5, 0.6) is 0 Å². The van der Waals surface area contributed by atoms with Crippen LogP contribution in [0.4, 0.5) is 5.69 Å². The van der Waals surface area contributed by atoms with Crippen molar-refractivity contribution in [2.75, 3.05) is 38.5 Å². The Morgan fingerprint density at radius 2 is 2.33 bits per heavy atom. The van der Waals surface area contributed by atoms with Crippen molar-refractivity contribution >= 4 is 5.69 Å². The molecule has 0 amide bonds.